The highest BCUT2D eigenvalue weighted by Crippen LogP contribution is 2.30. The lowest BCUT2D eigenvalue weighted by atomic mass is 10.0. The van der Waals surface area contributed by atoms with E-state index in [-0.39, 0.29) is 6.04 Å². The average Bonchev–Trinajstić information content (AvgIpc) is 2.51. The molecule has 112 valence electrons. The van der Waals surface area contributed by atoms with Gasteiger partial charge in [0.1, 0.15) is 0 Å². The van der Waals surface area contributed by atoms with Crippen LogP contribution in [0.3, 0.4) is 0 Å². The van der Waals surface area contributed by atoms with E-state index in [1.165, 1.54) is 5.56 Å². The fourth-order valence-corrected chi connectivity index (χ4v) is 2.90. The maximum Gasteiger partial charge on any atom is 0.0661 e. The molecule has 4 heteroatoms. The Balaban J connectivity index is 2.28. The summed E-state index contributed by atoms with van der Waals surface area (Å²) in [6, 6.07) is 14.7. The molecule has 0 heterocycles. The maximum absolute atomic E-state index is 6.07. The topological polar surface area (TPSA) is 29.3 Å². The Hall–Kier alpha value is -1.03. The Kier molecular flexibility index (Phi) is 5.68. The summed E-state index contributed by atoms with van der Waals surface area (Å²) in [5, 5.41) is 0.712. The molecule has 21 heavy (non-hydrogen) atoms. The van der Waals surface area contributed by atoms with Crippen LogP contribution in [-0.2, 0) is 6.42 Å². The molecule has 2 nitrogen and oxygen atoms in total. The second-order valence-corrected chi connectivity index (χ2v) is 6.32. The van der Waals surface area contributed by atoms with Crippen LogP contribution >= 0.6 is 27.5 Å². The van der Waals surface area contributed by atoms with E-state index < -0.39 is 0 Å². The summed E-state index contributed by atoms with van der Waals surface area (Å²) in [4.78, 5) is 2.20. The molecule has 0 radical (unpaired) electrons. The largest absolute Gasteiger partial charge is 0.366 e. The summed E-state index contributed by atoms with van der Waals surface area (Å²) in [5.41, 5.74) is 9.65. The summed E-state index contributed by atoms with van der Waals surface area (Å²) in [5.74, 6) is 0. The lowest BCUT2D eigenvalue weighted by Gasteiger charge is -2.30. The molecule has 0 amide bonds. The minimum absolute atomic E-state index is 0.117. The third-order valence-corrected chi connectivity index (χ3v) is 4.99. The Morgan fingerprint density at radius 3 is 2.38 bits per heavy atom. The number of nitrogens with two attached hydrogens (primary N) is 1. The zero-order valence-electron chi connectivity index (χ0n) is 12.3. The fourth-order valence-electron chi connectivity index (χ4n) is 2.38. The van der Waals surface area contributed by atoms with Gasteiger partial charge in [-0.05, 0) is 57.7 Å². The smallest absolute Gasteiger partial charge is 0.0661 e. The number of likely N-dealkylation sites (N-methyl/N-ethyl adjacent to an activating group) is 1. The second kappa shape index (κ2) is 7.30. The van der Waals surface area contributed by atoms with Gasteiger partial charge in [0.25, 0.3) is 0 Å². The van der Waals surface area contributed by atoms with Crippen LogP contribution in [0.2, 0.25) is 5.02 Å². The number of rotatable bonds is 5. The van der Waals surface area contributed by atoms with E-state index in [9.17, 15) is 0 Å². The molecule has 1 unspecified atom stereocenters. The van der Waals surface area contributed by atoms with E-state index in [1.807, 2.05) is 18.2 Å². The summed E-state index contributed by atoms with van der Waals surface area (Å²) >= 11 is 9.54. The zero-order valence-corrected chi connectivity index (χ0v) is 14.7. The van der Waals surface area contributed by atoms with Crippen molar-refractivity contribution in [3.05, 3.63) is 63.1 Å². The van der Waals surface area contributed by atoms with E-state index in [2.05, 4.69) is 59.1 Å². The van der Waals surface area contributed by atoms with E-state index in [4.69, 9.17) is 17.3 Å². The first kappa shape index (κ1) is 16.3. The van der Waals surface area contributed by atoms with E-state index >= 15 is 0 Å². The van der Waals surface area contributed by atoms with Gasteiger partial charge >= 0.3 is 0 Å². The van der Waals surface area contributed by atoms with Crippen molar-refractivity contribution < 1.29 is 0 Å². The monoisotopic (exact) mass is 366 g/mol. The van der Waals surface area contributed by atoms with Crippen LogP contribution in [0, 0.1) is 0 Å². The first-order valence-corrected chi connectivity index (χ1v) is 8.20. The second-order valence-electron chi connectivity index (χ2n) is 5.06. The SMILES string of the molecule is CCc1ccc(N(C)C(CN)c2ccc(Cl)c(Br)c2)cc1. The molecule has 2 aromatic carbocycles. The standard InChI is InChI=1S/C17H20BrClN2/c1-3-12-4-7-14(8-5-12)21(2)17(11-20)13-6-9-16(19)15(18)10-13/h4-10,17H,3,11,20H2,1-2H3. The zero-order chi connectivity index (χ0) is 15.4. The molecular formula is C17H20BrClN2. The lowest BCUT2D eigenvalue weighted by molar-refractivity contribution is 0.680. The number of benzene rings is 2. The normalized spacial score (nSPS) is 12.2. The predicted octanol–water partition coefficient (Wildman–Crippen LogP) is 4.80. The molecule has 2 N–H and O–H groups in total. The Bertz CT molecular complexity index is 598. The Morgan fingerprint density at radius 1 is 1.19 bits per heavy atom. The van der Waals surface area contributed by atoms with Gasteiger partial charge in [-0.25, -0.2) is 0 Å². The number of halogens is 2. The van der Waals surface area contributed by atoms with Crippen LogP contribution in [0.5, 0.6) is 0 Å². The Labute approximate surface area is 140 Å². The van der Waals surface area contributed by atoms with Crippen molar-refractivity contribution in [3.63, 3.8) is 0 Å². The number of aryl methyl sites for hydroxylation is 1. The van der Waals surface area contributed by atoms with E-state index in [1.54, 1.807) is 0 Å². The van der Waals surface area contributed by atoms with Gasteiger partial charge in [-0.2, -0.15) is 0 Å². The highest BCUT2D eigenvalue weighted by Gasteiger charge is 2.17. The molecule has 2 rings (SSSR count). The third kappa shape index (κ3) is 3.79. The quantitative estimate of drug-likeness (QED) is 0.822. The van der Waals surface area contributed by atoms with Gasteiger partial charge < -0.3 is 10.6 Å². The number of hydrogen-bond acceptors (Lipinski definition) is 2. The minimum Gasteiger partial charge on any atom is -0.366 e. The van der Waals surface area contributed by atoms with Crippen LogP contribution < -0.4 is 10.6 Å². The van der Waals surface area contributed by atoms with Crippen molar-refractivity contribution in [2.45, 2.75) is 19.4 Å². The van der Waals surface area contributed by atoms with Crippen LogP contribution in [0.15, 0.2) is 46.9 Å². The van der Waals surface area contributed by atoms with Gasteiger partial charge in [0.2, 0.25) is 0 Å². The molecule has 0 aliphatic carbocycles. The highest BCUT2D eigenvalue weighted by atomic mass is 79.9. The first-order valence-electron chi connectivity index (χ1n) is 7.03. The van der Waals surface area contributed by atoms with E-state index in [0.29, 0.717) is 11.6 Å². The van der Waals surface area contributed by atoms with Gasteiger partial charge in [-0.1, -0.05) is 36.7 Å². The van der Waals surface area contributed by atoms with Crippen molar-refractivity contribution in [2.24, 2.45) is 5.73 Å². The predicted molar refractivity (Wildman–Crippen MR) is 95.2 cm³/mol. The summed E-state index contributed by atoms with van der Waals surface area (Å²) < 4.78 is 0.898. The number of nitrogens with zero attached hydrogens (tertiary/aromatic N) is 1. The number of hydrogen-bond donors (Lipinski definition) is 1. The van der Waals surface area contributed by atoms with Crippen molar-refractivity contribution in [1.29, 1.82) is 0 Å². The fraction of sp³-hybridized carbons (Fsp3) is 0.294. The van der Waals surface area contributed by atoms with Gasteiger partial charge in [0.15, 0.2) is 0 Å². The Morgan fingerprint density at radius 2 is 1.86 bits per heavy atom. The molecule has 0 bridgehead atoms. The van der Waals surface area contributed by atoms with Gasteiger partial charge in [0, 0.05) is 23.8 Å². The molecule has 1 atom stereocenters. The average molecular weight is 368 g/mol. The van der Waals surface area contributed by atoms with Crippen molar-refractivity contribution in [1.82, 2.24) is 0 Å². The van der Waals surface area contributed by atoms with Crippen LogP contribution in [0.1, 0.15) is 24.1 Å². The molecule has 0 aromatic heterocycles. The molecule has 0 saturated heterocycles. The third-order valence-electron chi connectivity index (χ3n) is 3.77. The lowest BCUT2D eigenvalue weighted by Crippen LogP contribution is -2.30. The molecule has 0 aliphatic rings. The van der Waals surface area contributed by atoms with Crippen LogP contribution in [-0.4, -0.2) is 13.6 Å². The molecule has 0 aliphatic heterocycles. The molecule has 0 fully saturated rings. The highest BCUT2D eigenvalue weighted by molar-refractivity contribution is 9.10. The van der Waals surface area contributed by atoms with Crippen molar-refractivity contribution >= 4 is 33.2 Å². The van der Waals surface area contributed by atoms with Gasteiger partial charge in [-0.15, -0.1) is 0 Å². The van der Waals surface area contributed by atoms with E-state index in [0.717, 1.165) is 22.1 Å². The molecule has 0 spiro atoms. The van der Waals surface area contributed by atoms with Crippen LogP contribution in [0.25, 0.3) is 0 Å². The minimum atomic E-state index is 0.117. The molecule has 0 saturated carbocycles. The first-order chi connectivity index (χ1) is 10.1. The van der Waals surface area contributed by atoms with Crippen molar-refractivity contribution in [3.8, 4) is 0 Å². The van der Waals surface area contributed by atoms with Gasteiger partial charge in [-0.3, -0.25) is 0 Å². The summed E-state index contributed by atoms with van der Waals surface area (Å²) in [6.07, 6.45) is 1.05. The van der Waals surface area contributed by atoms with Crippen molar-refractivity contribution in [2.75, 3.05) is 18.5 Å². The van der Waals surface area contributed by atoms with Gasteiger partial charge in [0.05, 0.1) is 11.1 Å². The van der Waals surface area contributed by atoms with Crippen LogP contribution in [0.4, 0.5) is 5.69 Å². The summed E-state index contributed by atoms with van der Waals surface area (Å²) in [6.45, 7) is 2.70. The maximum atomic E-state index is 6.07. The number of anilines is 1. The summed E-state index contributed by atoms with van der Waals surface area (Å²) in [7, 11) is 2.07. The molecule has 2 aromatic rings. The molecular weight excluding hydrogens is 348 g/mol.